The molecule has 0 aliphatic carbocycles. The molecule has 74 valence electrons. The molecule has 1 aromatic carbocycles. The largest absolute Gasteiger partial charge is 0.286 e. The highest BCUT2D eigenvalue weighted by molar-refractivity contribution is 6.59. The first kappa shape index (κ1) is 12.6. The molecule has 0 fully saturated rings. The zero-order valence-electron chi connectivity index (χ0n) is 7.64. The molecule has 0 heterocycles. The highest BCUT2D eigenvalue weighted by Crippen LogP contribution is 2.21. The summed E-state index contributed by atoms with van der Waals surface area (Å²) in [5.74, 6) is 0. The summed E-state index contributed by atoms with van der Waals surface area (Å²) in [6.07, 6.45) is 0. The Morgan fingerprint density at radius 3 is 1.69 bits per heavy atom. The Morgan fingerprint density at radius 2 is 1.31 bits per heavy atom. The van der Waals surface area contributed by atoms with Gasteiger partial charge in [0.05, 0.1) is 15.3 Å². The molecule has 0 aliphatic heterocycles. The third-order valence-corrected chi connectivity index (χ3v) is 2.25. The third-order valence-electron chi connectivity index (χ3n) is 1.87. The maximum Gasteiger partial charge on any atom is 0.286 e. The summed E-state index contributed by atoms with van der Waals surface area (Å²) in [5.41, 5.74) is -3.27. The smallest absolute Gasteiger partial charge is 0.258 e. The number of nitrogens with zero attached hydrogens (tertiary/aromatic N) is 2. The lowest BCUT2D eigenvalue weighted by atomic mass is 9.74. The van der Waals surface area contributed by atoms with Crippen molar-refractivity contribution in [1.29, 1.82) is 0 Å². The van der Waals surface area contributed by atoms with Crippen molar-refractivity contribution in [3.8, 4) is 0 Å². The molecule has 0 aromatic heterocycles. The second kappa shape index (κ2) is 4.17. The van der Waals surface area contributed by atoms with E-state index in [1.54, 1.807) is 0 Å². The number of halogens is 1. The normalized spacial score (nSPS) is 10.1. The van der Waals surface area contributed by atoms with E-state index in [4.69, 9.17) is 35.1 Å². The molecule has 10 heteroatoms. The fourth-order valence-electron chi connectivity index (χ4n) is 1.12. The van der Waals surface area contributed by atoms with Crippen molar-refractivity contribution in [2.24, 2.45) is 0 Å². The molecule has 6 nitrogen and oxygen atoms in total. The van der Waals surface area contributed by atoms with Crippen LogP contribution in [0.3, 0.4) is 0 Å². The monoisotopic (exact) mass is 232 g/mol. The first-order valence-electron chi connectivity index (χ1n) is 3.73. The van der Waals surface area contributed by atoms with Crippen LogP contribution in [0.1, 0.15) is 0 Å². The van der Waals surface area contributed by atoms with Crippen LogP contribution in [0, 0.1) is 20.2 Å². The van der Waals surface area contributed by atoms with E-state index < -0.39 is 42.6 Å². The van der Waals surface area contributed by atoms with Gasteiger partial charge in [0, 0.05) is 0 Å². The van der Waals surface area contributed by atoms with E-state index in [0.29, 0.717) is 0 Å². The fourth-order valence-corrected chi connectivity index (χ4v) is 1.40. The van der Waals surface area contributed by atoms with E-state index in [1.165, 1.54) is 0 Å². The average molecular weight is 232 g/mol. The number of rotatable bonds is 2. The molecule has 0 unspecified atom stereocenters. The maximum absolute atomic E-state index is 10.6. The summed E-state index contributed by atoms with van der Waals surface area (Å²) in [6.45, 7) is 0. The Morgan fingerprint density at radius 1 is 0.875 bits per heavy atom. The van der Waals surface area contributed by atoms with Crippen LogP contribution >= 0.6 is 11.6 Å². The van der Waals surface area contributed by atoms with Crippen molar-refractivity contribution in [3.63, 3.8) is 0 Å². The summed E-state index contributed by atoms with van der Waals surface area (Å²) in [6, 6.07) is 0. The zero-order valence-corrected chi connectivity index (χ0v) is 8.39. The minimum Gasteiger partial charge on any atom is -0.258 e. The van der Waals surface area contributed by atoms with Crippen LogP contribution in [0.2, 0.25) is 5.02 Å². The SMILES string of the molecule is [B]c1c([B])c([N+](=O)[O-])c([B])c([N+](=O)[O-])c1Cl. The van der Waals surface area contributed by atoms with E-state index in [2.05, 4.69) is 0 Å². The van der Waals surface area contributed by atoms with Gasteiger partial charge < -0.3 is 0 Å². The molecule has 1 aromatic rings. The lowest BCUT2D eigenvalue weighted by molar-refractivity contribution is -0.390. The second-order valence-electron chi connectivity index (χ2n) is 2.77. The molecule has 0 spiro atoms. The lowest BCUT2D eigenvalue weighted by Crippen LogP contribution is -2.36. The van der Waals surface area contributed by atoms with E-state index in [-0.39, 0.29) is 0 Å². The summed E-state index contributed by atoms with van der Waals surface area (Å²) >= 11 is 5.53. The first-order valence-corrected chi connectivity index (χ1v) is 4.11. The summed E-state index contributed by atoms with van der Waals surface area (Å²) in [7, 11) is 15.9. The van der Waals surface area contributed by atoms with Crippen LogP contribution in [0.25, 0.3) is 0 Å². The van der Waals surface area contributed by atoms with E-state index in [0.717, 1.165) is 0 Å². The predicted octanol–water partition coefficient (Wildman–Crippen LogP) is -1.46. The minimum absolute atomic E-state index is 0.436. The van der Waals surface area contributed by atoms with Gasteiger partial charge in [-0.05, 0) is 5.46 Å². The summed E-state index contributed by atoms with van der Waals surface area (Å²) in [4.78, 5) is 19.3. The topological polar surface area (TPSA) is 86.3 Å². The number of hydrogen-bond donors (Lipinski definition) is 0. The van der Waals surface area contributed by atoms with Crippen LogP contribution in [0.15, 0.2) is 0 Å². The second-order valence-corrected chi connectivity index (χ2v) is 3.14. The van der Waals surface area contributed by atoms with Crippen molar-refractivity contribution >= 4 is 62.9 Å². The van der Waals surface area contributed by atoms with Crippen molar-refractivity contribution < 1.29 is 9.85 Å². The molecule has 0 saturated carbocycles. The Hall–Kier alpha value is -1.50. The van der Waals surface area contributed by atoms with Gasteiger partial charge in [0.1, 0.15) is 28.6 Å². The van der Waals surface area contributed by atoms with E-state index in [9.17, 15) is 20.2 Å². The number of nitro groups is 2. The fraction of sp³-hybridized carbons (Fsp3) is 0. The number of hydrogen-bond acceptors (Lipinski definition) is 4. The molecule has 0 amide bonds. The standard InChI is InChI=1S/C6B3ClN2O4/c7-1-2(8)5(11(13)14)3(9)6(4(1)10)12(15)16. The van der Waals surface area contributed by atoms with Crippen molar-refractivity contribution in [3.05, 3.63) is 25.3 Å². The van der Waals surface area contributed by atoms with Crippen molar-refractivity contribution in [1.82, 2.24) is 0 Å². The lowest BCUT2D eigenvalue weighted by Gasteiger charge is -2.09. The quantitative estimate of drug-likeness (QED) is 0.354. The van der Waals surface area contributed by atoms with Gasteiger partial charge in [0.25, 0.3) is 11.4 Å². The Bertz CT molecular complexity index is 466. The van der Waals surface area contributed by atoms with Gasteiger partial charge in [-0.15, -0.1) is 0 Å². The zero-order chi connectivity index (χ0) is 12.6. The summed E-state index contributed by atoms with van der Waals surface area (Å²) in [5, 5.41) is 20.7. The molecule has 0 bridgehead atoms. The van der Waals surface area contributed by atoms with Gasteiger partial charge >= 0.3 is 0 Å². The van der Waals surface area contributed by atoms with Gasteiger partial charge in [0.15, 0.2) is 0 Å². The maximum atomic E-state index is 10.6. The van der Waals surface area contributed by atoms with E-state index >= 15 is 0 Å². The minimum atomic E-state index is -0.958. The third kappa shape index (κ3) is 1.78. The molecule has 1 rings (SSSR count). The summed E-state index contributed by atoms with van der Waals surface area (Å²) < 4.78 is 0. The van der Waals surface area contributed by atoms with Crippen molar-refractivity contribution in [2.45, 2.75) is 0 Å². The molecule has 0 atom stereocenters. The van der Waals surface area contributed by atoms with Crippen LogP contribution in [-0.2, 0) is 0 Å². The molecular formula is C6B3ClN2O4. The highest BCUT2D eigenvalue weighted by atomic mass is 35.5. The average Bonchev–Trinajstić information content (AvgIpc) is 2.13. The molecule has 0 N–H and O–H groups in total. The molecule has 0 aliphatic rings. The van der Waals surface area contributed by atoms with Crippen LogP contribution in [0.4, 0.5) is 11.4 Å². The van der Waals surface area contributed by atoms with Gasteiger partial charge in [-0.3, -0.25) is 20.2 Å². The van der Waals surface area contributed by atoms with Crippen LogP contribution in [0.5, 0.6) is 0 Å². The Balaban J connectivity index is 3.80. The van der Waals surface area contributed by atoms with Crippen molar-refractivity contribution in [2.75, 3.05) is 0 Å². The predicted molar refractivity (Wildman–Crippen MR) is 60.9 cm³/mol. The van der Waals surface area contributed by atoms with Gasteiger partial charge in [-0.2, -0.15) is 0 Å². The van der Waals surface area contributed by atoms with Gasteiger partial charge in [-0.25, -0.2) is 0 Å². The Labute approximate surface area is 98.5 Å². The van der Waals surface area contributed by atoms with E-state index in [1.807, 2.05) is 0 Å². The Kier molecular flexibility index (Phi) is 3.28. The first-order chi connectivity index (χ1) is 7.29. The molecule has 6 radical (unpaired) electrons. The molecule has 0 saturated heterocycles. The molecule has 16 heavy (non-hydrogen) atoms. The van der Waals surface area contributed by atoms with Crippen LogP contribution < -0.4 is 16.4 Å². The van der Waals surface area contributed by atoms with Gasteiger partial charge in [-0.1, -0.05) is 17.1 Å². The van der Waals surface area contributed by atoms with Crippen LogP contribution in [-0.4, -0.2) is 33.4 Å². The van der Waals surface area contributed by atoms with Gasteiger partial charge in [0.2, 0.25) is 0 Å². The number of nitro benzene ring substituents is 2. The number of benzene rings is 1. The highest BCUT2D eigenvalue weighted by Gasteiger charge is 2.28. The molecular weight excluding hydrogens is 232 g/mol.